The largest absolute Gasteiger partial charge is 0.324 e. The Morgan fingerprint density at radius 2 is 2.09 bits per heavy atom. The topological polar surface area (TPSA) is 114 Å². The van der Waals surface area contributed by atoms with Crippen molar-refractivity contribution in [1.82, 2.24) is 30.4 Å². The van der Waals surface area contributed by atoms with Crippen molar-refractivity contribution < 1.29 is 9.59 Å². The van der Waals surface area contributed by atoms with Crippen LogP contribution in [0.2, 0.25) is 0 Å². The Kier molecular flexibility index (Phi) is 6.50. The first-order valence-electron chi connectivity index (χ1n) is 11.2. The van der Waals surface area contributed by atoms with Gasteiger partial charge in [-0.3, -0.25) is 19.6 Å². The van der Waals surface area contributed by atoms with Crippen LogP contribution in [0.4, 0.5) is 11.6 Å². The molecular formula is C24H29N7O2. The summed E-state index contributed by atoms with van der Waals surface area (Å²) in [5, 5.41) is 13.3. The summed E-state index contributed by atoms with van der Waals surface area (Å²) < 4.78 is 1.90. The molecule has 3 N–H and O–H groups in total. The molecule has 1 unspecified atom stereocenters. The summed E-state index contributed by atoms with van der Waals surface area (Å²) in [6.45, 7) is 8.51. The second kappa shape index (κ2) is 9.50. The average Bonchev–Trinajstić information content (AvgIpc) is 3.30. The second-order valence-corrected chi connectivity index (χ2v) is 8.47. The zero-order valence-corrected chi connectivity index (χ0v) is 19.3. The van der Waals surface area contributed by atoms with E-state index in [0.29, 0.717) is 12.5 Å². The van der Waals surface area contributed by atoms with Gasteiger partial charge in [-0.1, -0.05) is 13.0 Å². The number of hydrogen-bond acceptors (Lipinski definition) is 7. The van der Waals surface area contributed by atoms with Crippen molar-refractivity contribution in [1.29, 1.82) is 0 Å². The van der Waals surface area contributed by atoms with Crippen molar-refractivity contribution in [2.45, 2.75) is 52.6 Å². The van der Waals surface area contributed by atoms with E-state index in [9.17, 15) is 9.59 Å². The molecule has 2 amide bonds. The average molecular weight is 448 g/mol. The van der Waals surface area contributed by atoms with Crippen molar-refractivity contribution >= 4 is 23.5 Å². The molecule has 4 rings (SSSR count). The summed E-state index contributed by atoms with van der Waals surface area (Å²) in [5.41, 5.74) is 5.51. The van der Waals surface area contributed by atoms with E-state index in [1.54, 1.807) is 13.1 Å². The van der Waals surface area contributed by atoms with Crippen LogP contribution in [0, 0.1) is 6.92 Å². The molecule has 1 aliphatic rings. The van der Waals surface area contributed by atoms with Gasteiger partial charge in [-0.15, -0.1) is 0 Å². The third-order valence-corrected chi connectivity index (χ3v) is 5.67. The molecule has 0 radical (unpaired) electrons. The Bertz CT molecular complexity index is 1190. The second-order valence-electron chi connectivity index (χ2n) is 8.47. The van der Waals surface area contributed by atoms with E-state index < -0.39 is 6.04 Å². The van der Waals surface area contributed by atoms with Gasteiger partial charge >= 0.3 is 0 Å². The molecule has 2 aromatic heterocycles. The molecule has 0 bridgehead atoms. The van der Waals surface area contributed by atoms with E-state index in [4.69, 9.17) is 4.98 Å². The third-order valence-electron chi connectivity index (χ3n) is 5.67. The van der Waals surface area contributed by atoms with Crippen LogP contribution in [-0.2, 0) is 16.0 Å². The number of hydrogen-bond donors (Lipinski definition) is 3. The molecule has 0 fully saturated rings. The number of fused-ring (bicyclic) bond motifs is 1. The summed E-state index contributed by atoms with van der Waals surface area (Å²) in [7, 11) is 0. The van der Waals surface area contributed by atoms with E-state index in [-0.39, 0.29) is 24.3 Å². The smallest absolute Gasteiger partial charge is 0.248 e. The minimum atomic E-state index is -0.543. The van der Waals surface area contributed by atoms with Crippen LogP contribution in [0.25, 0.3) is 11.3 Å². The van der Waals surface area contributed by atoms with Gasteiger partial charge in [-0.25, -0.2) is 9.97 Å². The fourth-order valence-corrected chi connectivity index (χ4v) is 3.84. The first-order valence-corrected chi connectivity index (χ1v) is 11.2. The molecule has 0 spiro atoms. The first-order chi connectivity index (χ1) is 15.9. The number of nitrogens with zero attached hydrogens (tertiary/aromatic N) is 4. The lowest BCUT2D eigenvalue weighted by atomic mass is 9.93. The Morgan fingerprint density at radius 3 is 2.82 bits per heavy atom. The lowest BCUT2D eigenvalue weighted by molar-refractivity contribution is -0.131. The molecule has 3 heterocycles. The van der Waals surface area contributed by atoms with Crippen LogP contribution in [0.5, 0.6) is 0 Å². The minimum Gasteiger partial charge on any atom is -0.324 e. The van der Waals surface area contributed by atoms with Gasteiger partial charge in [0.15, 0.2) is 0 Å². The number of aromatic nitrogens is 4. The monoisotopic (exact) mass is 447 g/mol. The van der Waals surface area contributed by atoms with Crippen LogP contribution in [0.15, 0.2) is 36.8 Å². The lowest BCUT2D eigenvalue weighted by Crippen LogP contribution is -2.43. The Balaban J connectivity index is 1.55. The molecule has 33 heavy (non-hydrogen) atoms. The van der Waals surface area contributed by atoms with Crippen molar-refractivity contribution in [2.24, 2.45) is 0 Å². The van der Waals surface area contributed by atoms with Crippen LogP contribution in [-0.4, -0.2) is 38.1 Å². The van der Waals surface area contributed by atoms with E-state index in [0.717, 1.165) is 40.1 Å². The van der Waals surface area contributed by atoms with Gasteiger partial charge in [-0.05, 0) is 56.0 Å². The van der Waals surface area contributed by atoms with Gasteiger partial charge < -0.3 is 10.6 Å². The summed E-state index contributed by atoms with van der Waals surface area (Å²) >= 11 is 0. The maximum absolute atomic E-state index is 12.5. The summed E-state index contributed by atoms with van der Waals surface area (Å²) in [4.78, 5) is 33.3. The van der Waals surface area contributed by atoms with E-state index in [1.165, 1.54) is 0 Å². The highest BCUT2D eigenvalue weighted by atomic mass is 16.2. The molecule has 0 saturated carbocycles. The lowest BCUT2D eigenvalue weighted by Gasteiger charge is -2.26. The number of rotatable bonds is 6. The number of carbonyl (C=O) groups is 2. The SMILES string of the molecule is CCC(=O)NC(=O)C1NCCc2cc(Nc3ncc(C)c(-c4cnn(C(C)C)c4)n3)ccc21. The van der Waals surface area contributed by atoms with Gasteiger partial charge in [0.05, 0.1) is 11.9 Å². The molecule has 0 saturated heterocycles. The Labute approximate surface area is 193 Å². The number of aryl methyl sites for hydroxylation is 1. The van der Waals surface area contributed by atoms with Gasteiger partial charge in [0.1, 0.15) is 6.04 Å². The number of benzene rings is 1. The highest BCUT2D eigenvalue weighted by Gasteiger charge is 2.27. The fourth-order valence-electron chi connectivity index (χ4n) is 3.84. The summed E-state index contributed by atoms with van der Waals surface area (Å²) in [6, 6.07) is 5.55. The Morgan fingerprint density at radius 1 is 1.27 bits per heavy atom. The standard InChI is InChI=1S/C24H29N7O2/c1-5-20(32)29-23(33)22-19-7-6-18(10-16(19)8-9-25-22)28-24-26-11-15(4)21(30-24)17-12-27-31(13-17)14(2)3/h6-7,10-14,22,25H,5,8-9H2,1-4H3,(H,26,28,30)(H,29,32,33). The maximum atomic E-state index is 12.5. The van der Waals surface area contributed by atoms with Crippen molar-refractivity contribution in [3.63, 3.8) is 0 Å². The number of imide groups is 1. The highest BCUT2D eigenvalue weighted by Crippen LogP contribution is 2.28. The minimum absolute atomic E-state index is 0.269. The molecule has 1 aliphatic heterocycles. The quantitative estimate of drug-likeness (QED) is 0.532. The normalized spacial score (nSPS) is 15.2. The predicted octanol–water partition coefficient (Wildman–Crippen LogP) is 3.21. The van der Waals surface area contributed by atoms with Gasteiger partial charge in [0.2, 0.25) is 17.8 Å². The number of amides is 2. The molecule has 9 nitrogen and oxygen atoms in total. The maximum Gasteiger partial charge on any atom is 0.248 e. The van der Waals surface area contributed by atoms with Gasteiger partial charge in [0, 0.05) is 42.7 Å². The van der Waals surface area contributed by atoms with Crippen molar-refractivity contribution in [2.75, 3.05) is 11.9 Å². The number of carbonyl (C=O) groups excluding carboxylic acids is 2. The fraction of sp³-hybridized carbons (Fsp3) is 0.375. The number of anilines is 2. The number of nitrogens with one attached hydrogen (secondary N) is 3. The first kappa shape index (κ1) is 22.6. The predicted molar refractivity (Wildman–Crippen MR) is 126 cm³/mol. The van der Waals surface area contributed by atoms with Crippen LogP contribution in [0.1, 0.15) is 56.0 Å². The molecule has 9 heteroatoms. The third kappa shape index (κ3) is 4.93. The molecular weight excluding hydrogens is 418 g/mol. The van der Waals surface area contributed by atoms with E-state index in [1.807, 2.05) is 42.2 Å². The van der Waals surface area contributed by atoms with Crippen molar-refractivity contribution in [3.05, 3.63) is 53.5 Å². The molecule has 3 aromatic rings. The zero-order valence-electron chi connectivity index (χ0n) is 19.3. The molecule has 172 valence electrons. The van der Waals surface area contributed by atoms with Crippen molar-refractivity contribution in [3.8, 4) is 11.3 Å². The van der Waals surface area contributed by atoms with Crippen LogP contribution in [0.3, 0.4) is 0 Å². The zero-order chi connectivity index (χ0) is 23.5. The Hall–Kier alpha value is -3.59. The molecule has 0 aliphatic carbocycles. The van der Waals surface area contributed by atoms with Gasteiger partial charge in [-0.2, -0.15) is 5.10 Å². The van der Waals surface area contributed by atoms with E-state index in [2.05, 4.69) is 39.9 Å². The summed E-state index contributed by atoms with van der Waals surface area (Å²) in [6.07, 6.45) is 6.66. The molecule has 1 atom stereocenters. The summed E-state index contributed by atoms with van der Waals surface area (Å²) in [5.74, 6) is -0.111. The molecule has 1 aromatic carbocycles. The van der Waals surface area contributed by atoms with Crippen LogP contribution < -0.4 is 16.0 Å². The van der Waals surface area contributed by atoms with E-state index >= 15 is 0 Å². The van der Waals surface area contributed by atoms with Crippen LogP contribution >= 0.6 is 0 Å². The highest BCUT2D eigenvalue weighted by molar-refractivity contribution is 5.98. The van der Waals surface area contributed by atoms with Gasteiger partial charge in [0.25, 0.3) is 0 Å².